The van der Waals surface area contributed by atoms with Gasteiger partial charge in [-0.15, -0.1) is 0 Å². The van der Waals surface area contributed by atoms with Crippen LogP contribution in [0.1, 0.15) is 40.5 Å². The first-order chi connectivity index (χ1) is 8.40. The van der Waals surface area contributed by atoms with Crippen molar-refractivity contribution in [3.05, 3.63) is 0 Å². The molecule has 3 unspecified atom stereocenters. The predicted octanol–water partition coefficient (Wildman–Crippen LogP) is 1.65. The Hall–Kier alpha value is -1.26. The number of rotatable bonds is 3. The maximum Gasteiger partial charge on any atom is 0.233 e. The van der Waals surface area contributed by atoms with Crippen LogP contribution in [0, 0.1) is 17.8 Å². The van der Waals surface area contributed by atoms with E-state index in [0.29, 0.717) is 5.92 Å². The van der Waals surface area contributed by atoms with Gasteiger partial charge in [0.2, 0.25) is 5.91 Å². The van der Waals surface area contributed by atoms with Crippen LogP contribution in [0.2, 0.25) is 0 Å². The molecule has 1 aliphatic heterocycles. The summed E-state index contributed by atoms with van der Waals surface area (Å²) in [6, 6.07) is 0.221. The molecule has 1 saturated heterocycles. The number of piperidine rings is 1. The van der Waals surface area contributed by atoms with Crippen molar-refractivity contribution < 1.29 is 10.0 Å². The fourth-order valence-corrected chi connectivity index (χ4v) is 2.64. The summed E-state index contributed by atoms with van der Waals surface area (Å²) in [7, 11) is 0. The molecule has 1 amide bonds. The fraction of sp³-hybridized carbons (Fsp3) is 0.846. The van der Waals surface area contributed by atoms with Crippen molar-refractivity contribution in [2.24, 2.45) is 28.6 Å². The lowest BCUT2D eigenvalue weighted by molar-refractivity contribution is -0.139. The number of likely N-dealkylation sites (tertiary alicyclic amines) is 1. The average Bonchev–Trinajstić information content (AvgIpc) is 2.31. The Kier molecular flexibility index (Phi) is 4.99. The number of hydrogen-bond acceptors (Lipinski definition) is 3. The minimum absolute atomic E-state index is 0.0143. The second-order valence-electron chi connectivity index (χ2n) is 5.64. The van der Waals surface area contributed by atoms with Crippen LogP contribution >= 0.6 is 0 Å². The molecule has 0 saturated carbocycles. The van der Waals surface area contributed by atoms with Crippen LogP contribution in [-0.2, 0) is 4.79 Å². The van der Waals surface area contributed by atoms with Crippen molar-refractivity contribution in [1.82, 2.24) is 4.90 Å². The minimum Gasteiger partial charge on any atom is -0.409 e. The minimum atomic E-state index is -0.525. The summed E-state index contributed by atoms with van der Waals surface area (Å²) in [4.78, 5) is 14.4. The average molecular weight is 255 g/mol. The van der Waals surface area contributed by atoms with E-state index in [-0.39, 0.29) is 23.7 Å². The highest BCUT2D eigenvalue weighted by atomic mass is 16.4. The number of oxime groups is 1. The van der Waals surface area contributed by atoms with Crippen LogP contribution in [0.5, 0.6) is 0 Å². The van der Waals surface area contributed by atoms with E-state index in [1.165, 1.54) is 0 Å². The van der Waals surface area contributed by atoms with Gasteiger partial charge in [0.05, 0.1) is 0 Å². The molecule has 0 aliphatic carbocycles. The van der Waals surface area contributed by atoms with Crippen LogP contribution in [0.4, 0.5) is 0 Å². The van der Waals surface area contributed by atoms with Crippen molar-refractivity contribution in [1.29, 1.82) is 0 Å². The normalized spacial score (nSPS) is 27.4. The zero-order valence-electron chi connectivity index (χ0n) is 11.8. The number of amides is 1. The summed E-state index contributed by atoms with van der Waals surface area (Å²) in [5.74, 6) is 0.00293. The van der Waals surface area contributed by atoms with E-state index in [0.717, 1.165) is 19.4 Å². The molecule has 0 aromatic rings. The first-order valence-electron chi connectivity index (χ1n) is 6.68. The van der Waals surface area contributed by atoms with Gasteiger partial charge in [0.1, 0.15) is 5.92 Å². The van der Waals surface area contributed by atoms with Gasteiger partial charge in [-0.25, -0.2) is 0 Å². The number of hydrogen-bond donors (Lipinski definition) is 2. The van der Waals surface area contributed by atoms with Crippen LogP contribution in [0.3, 0.4) is 0 Å². The molecule has 0 bridgehead atoms. The van der Waals surface area contributed by atoms with E-state index in [1.54, 1.807) is 0 Å². The maximum absolute atomic E-state index is 12.6. The largest absolute Gasteiger partial charge is 0.409 e. The maximum atomic E-state index is 12.6. The van der Waals surface area contributed by atoms with Crippen LogP contribution in [0.15, 0.2) is 5.16 Å². The Labute approximate surface area is 109 Å². The molecule has 0 spiro atoms. The summed E-state index contributed by atoms with van der Waals surface area (Å²) < 4.78 is 0. The predicted molar refractivity (Wildman–Crippen MR) is 71.3 cm³/mol. The highest BCUT2D eigenvalue weighted by Gasteiger charge is 2.35. The molecule has 1 fully saturated rings. The van der Waals surface area contributed by atoms with Gasteiger partial charge in [-0.05, 0) is 31.6 Å². The molecule has 5 heteroatoms. The summed E-state index contributed by atoms with van der Waals surface area (Å²) in [6.07, 6.45) is 2.18. The van der Waals surface area contributed by atoms with Gasteiger partial charge in [0.25, 0.3) is 0 Å². The highest BCUT2D eigenvalue weighted by molar-refractivity contribution is 6.02. The SMILES string of the molecule is CC(C)C(C(=O)N1CCCC(C)C1C)C(N)=NO. The fourth-order valence-electron chi connectivity index (χ4n) is 2.64. The van der Waals surface area contributed by atoms with E-state index in [1.807, 2.05) is 18.7 Å². The molecular weight excluding hydrogens is 230 g/mol. The Morgan fingerprint density at radius 2 is 2.06 bits per heavy atom. The zero-order chi connectivity index (χ0) is 13.9. The van der Waals surface area contributed by atoms with Crippen LogP contribution in [0.25, 0.3) is 0 Å². The van der Waals surface area contributed by atoms with Crippen molar-refractivity contribution in [2.75, 3.05) is 6.54 Å². The molecule has 1 rings (SSSR count). The molecule has 1 aliphatic rings. The first-order valence-corrected chi connectivity index (χ1v) is 6.68. The third kappa shape index (κ3) is 2.94. The van der Waals surface area contributed by atoms with Gasteiger partial charge in [-0.3, -0.25) is 4.79 Å². The molecule has 0 aromatic heterocycles. The number of nitrogens with zero attached hydrogens (tertiary/aromatic N) is 2. The first kappa shape index (κ1) is 14.8. The molecule has 18 heavy (non-hydrogen) atoms. The van der Waals surface area contributed by atoms with Gasteiger partial charge in [-0.1, -0.05) is 25.9 Å². The third-order valence-electron chi connectivity index (χ3n) is 4.02. The van der Waals surface area contributed by atoms with Crippen molar-refractivity contribution in [3.8, 4) is 0 Å². The lowest BCUT2D eigenvalue weighted by atomic mass is 9.88. The second kappa shape index (κ2) is 6.07. The van der Waals surface area contributed by atoms with Gasteiger partial charge in [0.15, 0.2) is 5.84 Å². The molecule has 104 valence electrons. The molecule has 3 atom stereocenters. The molecule has 1 heterocycles. The van der Waals surface area contributed by atoms with Crippen molar-refractivity contribution in [3.63, 3.8) is 0 Å². The third-order valence-corrected chi connectivity index (χ3v) is 4.02. The van der Waals surface area contributed by atoms with Gasteiger partial charge >= 0.3 is 0 Å². The van der Waals surface area contributed by atoms with E-state index in [4.69, 9.17) is 10.9 Å². The van der Waals surface area contributed by atoms with Gasteiger partial charge < -0.3 is 15.8 Å². The van der Waals surface area contributed by atoms with Crippen LogP contribution in [-0.4, -0.2) is 34.4 Å². The van der Waals surface area contributed by atoms with E-state index < -0.39 is 5.92 Å². The molecule has 0 radical (unpaired) electrons. The second-order valence-corrected chi connectivity index (χ2v) is 5.64. The highest BCUT2D eigenvalue weighted by Crippen LogP contribution is 2.26. The van der Waals surface area contributed by atoms with E-state index in [9.17, 15) is 4.79 Å². The van der Waals surface area contributed by atoms with Crippen molar-refractivity contribution >= 4 is 11.7 Å². The summed E-state index contributed by atoms with van der Waals surface area (Å²) >= 11 is 0. The van der Waals surface area contributed by atoms with Gasteiger partial charge in [-0.2, -0.15) is 0 Å². The molecule has 0 aromatic carbocycles. The van der Waals surface area contributed by atoms with E-state index in [2.05, 4.69) is 19.0 Å². The van der Waals surface area contributed by atoms with Crippen LogP contribution < -0.4 is 5.73 Å². The Balaban J connectivity index is 2.89. The van der Waals surface area contributed by atoms with E-state index >= 15 is 0 Å². The standard InChI is InChI=1S/C13H25N3O2/c1-8(2)11(12(14)15-18)13(17)16-7-5-6-9(3)10(16)4/h8-11,18H,5-7H2,1-4H3,(H2,14,15). The summed E-state index contributed by atoms with van der Waals surface area (Å²) in [6.45, 7) is 8.84. The van der Waals surface area contributed by atoms with Gasteiger partial charge in [0, 0.05) is 12.6 Å². The molecule has 5 nitrogen and oxygen atoms in total. The Bertz CT molecular complexity index is 328. The number of carbonyl (C=O) groups is 1. The molecular formula is C13H25N3O2. The molecule has 3 N–H and O–H groups in total. The number of carbonyl (C=O) groups excluding carboxylic acids is 1. The summed E-state index contributed by atoms with van der Waals surface area (Å²) in [5.41, 5.74) is 5.66. The number of nitrogens with two attached hydrogens (primary N) is 1. The smallest absolute Gasteiger partial charge is 0.233 e. The number of amidine groups is 1. The van der Waals surface area contributed by atoms with Crippen molar-refractivity contribution in [2.45, 2.75) is 46.6 Å². The lowest BCUT2D eigenvalue weighted by Gasteiger charge is -2.40. The Morgan fingerprint density at radius 1 is 1.44 bits per heavy atom. The topological polar surface area (TPSA) is 78.9 Å². The summed E-state index contributed by atoms with van der Waals surface area (Å²) in [5, 5.41) is 11.8. The Morgan fingerprint density at radius 3 is 2.56 bits per heavy atom. The zero-order valence-corrected chi connectivity index (χ0v) is 11.8. The quantitative estimate of drug-likeness (QED) is 0.348. The monoisotopic (exact) mass is 255 g/mol. The lowest BCUT2D eigenvalue weighted by Crippen LogP contribution is -2.51.